The normalized spacial score (nSPS) is 10.2. The predicted molar refractivity (Wildman–Crippen MR) is 93.4 cm³/mol. The van der Waals surface area contributed by atoms with E-state index in [-0.39, 0.29) is 12.2 Å². The first-order valence-electron chi connectivity index (χ1n) is 6.91. The summed E-state index contributed by atoms with van der Waals surface area (Å²) >= 11 is 2.08. The summed E-state index contributed by atoms with van der Waals surface area (Å²) < 4.78 is 12.1. The Kier molecular flexibility index (Phi) is 5.97. The average molecular weight is 426 g/mol. The van der Waals surface area contributed by atoms with Crippen LogP contribution in [-0.2, 0) is 6.61 Å². The molecule has 23 heavy (non-hydrogen) atoms. The number of hydrogen-bond acceptors (Lipinski definition) is 4. The van der Waals surface area contributed by atoms with Gasteiger partial charge in [0.15, 0.2) is 11.5 Å². The Morgan fingerprint density at radius 3 is 2.70 bits per heavy atom. The molecule has 0 fully saturated rings. The van der Waals surface area contributed by atoms with E-state index in [1.807, 2.05) is 6.92 Å². The van der Waals surface area contributed by atoms with Crippen molar-refractivity contribution in [2.45, 2.75) is 13.5 Å². The van der Waals surface area contributed by atoms with Gasteiger partial charge in [-0.1, -0.05) is 12.1 Å². The molecule has 0 bridgehead atoms. The molecule has 0 aliphatic carbocycles. The predicted octanol–water partition coefficient (Wildman–Crippen LogP) is 3.78. The molecule has 2 aromatic rings. The zero-order chi connectivity index (χ0) is 16.8. The number of carbonyl (C=O) groups is 2. The van der Waals surface area contributed by atoms with E-state index in [9.17, 15) is 9.59 Å². The molecule has 0 heterocycles. The van der Waals surface area contributed by atoms with Crippen molar-refractivity contribution >= 4 is 34.8 Å². The molecular weight excluding hydrogens is 411 g/mol. The molecule has 0 unspecified atom stereocenters. The molecule has 2 rings (SSSR count). The average Bonchev–Trinajstić information content (AvgIpc) is 2.54. The molecule has 0 aliphatic rings. The highest BCUT2D eigenvalue weighted by molar-refractivity contribution is 14.1. The fraction of sp³-hybridized carbons (Fsp3) is 0.176. The number of aldehydes is 1. The highest BCUT2D eigenvalue weighted by Gasteiger charge is 2.13. The summed E-state index contributed by atoms with van der Waals surface area (Å²) in [6, 6.07) is 9.89. The van der Waals surface area contributed by atoms with Gasteiger partial charge >= 0.3 is 5.97 Å². The molecule has 5 nitrogen and oxygen atoms in total. The fourth-order valence-electron chi connectivity index (χ4n) is 2.01. The maximum Gasteiger partial charge on any atom is 0.335 e. The third-order valence-electron chi connectivity index (χ3n) is 3.02. The molecule has 1 N–H and O–H groups in total. The molecule has 6 heteroatoms. The molecule has 0 radical (unpaired) electrons. The second kappa shape index (κ2) is 7.96. The van der Waals surface area contributed by atoms with E-state index in [4.69, 9.17) is 14.6 Å². The first-order chi connectivity index (χ1) is 11.0. The van der Waals surface area contributed by atoms with Crippen molar-refractivity contribution in [2.75, 3.05) is 6.61 Å². The third-order valence-corrected chi connectivity index (χ3v) is 3.83. The van der Waals surface area contributed by atoms with Crippen LogP contribution in [0.4, 0.5) is 0 Å². The molecule has 0 saturated heterocycles. The number of carbonyl (C=O) groups excluding carboxylic acids is 1. The van der Waals surface area contributed by atoms with Crippen LogP contribution in [0.3, 0.4) is 0 Å². The van der Waals surface area contributed by atoms with Crippen molar-refractivity contribution in [3.63, 3.8) is 0 Å². The maximum absolute atomic E-state index is 11.0. The van der Waals surface area contributed by atoms with Gasteiger partial charge in [-0.3, -0.25) is 4.79 Å². The lowest BCUT2D eigenvalue weighted by Gasteiger charge is -2.14. The molecule has 2 aromatic carbocycles. The van der Waals surface area contributed by atoms with Gasteiger partial charge < -0.3 is 14.6 Å². The monoisotopic (exact) mass is 426 g/mol. The molecule has 0 saturated carbocycles. The largest absolute Gasteiger partial charge is 0.490 e. The first kappa shape index (κ1) is 17.3. The standard InChI is InChI=1S/C17H15IO5/c1-2-22-15-8-12(9-19)7-14(18)16(15)23-10-11-4-3-5-13(6-11)17(20)21/h3-9H,2,10H2,1H3,(H,20,21). The summed E-state index contributed by atoms with van der Waals surface area (Å²) in [6.45, 7) is 2.50. The zero-order valence-electron chi connectivity index (χ0n) is 12.4. The number of halogens is 1. The Hall–Kier alpha value is -2.09. The van der Waals surface area contributed by atoms with Gasteiger partial charge in [0.1, 0.15) is 12.9 Å². The van der Waals surface area contributed by atoms with Crippen LogP contribution in [0.15, 0.2) is 36.4 Å². The van der Waals surface area contributed by atoms with Crippen molar-refractivity contribution in [2.24, 2.45) is 0 Å². The van der Waals surface area contributed by atoms with Crippen molar-refractivity contribution < 1.29 is 24.2 Å². The summed E-state index contributed by atoms with van der Waals surface area (Å²) in [6.07, 6.45) is 0.755. The number of ether oxygens (including phenoxy) is 2. The van der Waals surface area contributed by atoms with Crippen molar-refractivity contribution in [1.29, 1.82) is 0 Å². The van der Waals surface area contributed by atoms with Crippen LogP contribution in [0.5, 0.6) is 11.5 Å². The summed E-state index contributed by atoms with van der Waals surface area (Å²) in [5.74, 6) is 0.0569. The van der Waals surface area contributed by atoms with E-state index in [1.54, 1.807) is 30.3 Å². The van der Waals surface area contributed by atoms with Gasteiger partial charge in [-0.2, -0.15) is 0 Å². The van der Waals surface area contributed by atoms with Gasteiger partial charge in [-0.25, -0.2) is 4.79 Å². The van der Waals surface area contributed by atoms with E-state index in [1.165, 1.54) is 6.07 Å². The lowest BCUT2D eigenvalue weighted by Crippen LogP contribution is -2.04. The molecule has 0 aromatic heterocycles. The second-order valence-corrected chi connectivity index (χ2v) is 5.84. The van der Waals surface area contributed by atoms with E-state index in [0.717, 1.165) is 15.4 Å². The SMILES string of the molecule is CCOc1cc(C=O)cc(I)c1OCc1cccc(C(=O)O)c1. The molecule has 0 amide bonds. The first-order valence-corrected chi connectivity index (χ1v) is 7.99. The van der Waals surface area contributed by atoms with E-state index < -0.39 is 5.97 Å². The van der Waals surface area contributed by atoms with E-state index >= 15 is 0 Å². The Labute approximate surface area is 147 Å². The molecule has 120 valence electrons. The van der Waals surface area contributed by atoms with Crippen molar-refractivity contribution in [3.05, 3.63) is 56.7 Å². The quantitative estimate of drug-likeness (QED) is 0.539. The number of carboxylic acids is 1. The van der Waals surface area contributed by atoms with Gasteiger partial charge in [0.05, 0.1) is 15.7 Å². The van der Waals surface area contributed by atoms with Gasteiger partial charge in [-0.15, -0.1) is 0 Å². The minimum atomic E-state index is -0.980. The summed E-state index contributed by atoms with van der Waals surface area (Å²) in [7, 11) is 0. The Balaban J connectivity index is 2.24. The Morgan fingerprint density at radius 2 is 2.04 bits per heavy atom. The molecule has 0 spiro atoms. The molecule has 0 aliphatic heterocycles. The second-order valence-electron chi connectivity index (χ2n) is 4.68. The topological polar surface area (TPSA) is 72.8 Å². The zero-order valence-corrected chi connectivity index (χ0v) is 14.6. The lowest BCUT2D eigenvalue weighted by atomic mass is 10.1. The van der Waals surface area contributed by atoms with E-state index in [0.29, 0.717) is 23.7 Å². The number of hydrogen-bond donors (Lipinski definition) is 1. The molecule has 0 atom stereocenters. The number of carboxylic acid groups (broad SMARTS) is 1. The van der Waals surface area contributed by atoms with Crippen LogP contribution in [-0.4, -0.2) is 24.0 Å². The minimum Gasteiger partial charge on any atom is -0.490 e. The summed E-state index contributed by atoms with van der Waals surface area (Å²) in [4.78, 5) is 21.9. The molecular formula is C17H15IO5. The van der Waals surface area contributed by atoms with Crippen LogP contribution in [0.25, 0.3) is 0 Å². The van der Waals surface area contributed by atoms with Crippen LogP contribution in [0.1, 0.15) is 33.2 Å². The van der Waals surface area contributed by atoms with Crippen LogP contribution >= 0.6 is 22.6 Å². The highest BCUT2D eigenvalue weighted by Crippen LogP contribution is 2.34. The van der Waals surface area contributed by atoms with Crippen LogP contribution in [0, 0.1) is 3.57 Å². The number of aromatic carboxylic acids is 1. The lowest BCUT2D eigenvalue weighted by molar-refractivity contribution is 0.0696. The van der Waals surface area contributed by atoms with Gasteiger partial charge in [0.2, 0.25) is 0 Å². The Morgan fingerprint density at radius 1 is 1.26 bits per heavy atom. The van der Waals surface area contributed by atoms with Crippen molar-refractivity contribution in [3.8, 4) is 11.5 Å². The Bertz CT molecular complexity index is 727. The summed E-state index contributed by atoms with van der Waals surface area (Å²) in [5, 5.41) is 9.02. The fourth-order valence-corrected chi connectivity index (χ4v) is 2.79. The van der Waals surface area contributed by atoms with Crippen LogP contribution < -0.4 is 9.47 Å². The van der Waals surface area contributed by atoms with Crippen LogP contribution in [0.2, 0.25) is 0 Å². The van der Waals surface area contributed by atoms with Gasteiger partial charge in [0, 0.05) is 5.56 Å². The number of rotatable bonds is 7. The minimum absolute atomic E-state index is 0.206. The number of benzene rings is 2. The summed E-state index contributed by atoms with van der Waals surface area (Å²) in [5.41, 5.74) is 1.46. The third kappa shape index (κ3) is 4.44. The smallest absolute Gasteiger partial charge is 0.335 e. The van der Waals surface area contributed by atoms with Gasteiger partial charge in [-0.05, 0) is 59.3 Å². The highest BCUT2D eigenvalue weighted by atomic mass is 127. The van der Waals surface area contributed by atoms with Gasteiger partial charge in [0.25, 0.3) is 0 Å². The van der Waals surface area contributed by atoms with E-state index in [2.05, 4.69) is 22.6 Å². The maximum atomic E-state index is 11.0. The van der Waals surface area contributed by atoms with Crippen molar-refractivity contribution in [1.82, 2.24) is 0 Å².